The first-order valence-electron chi connectivity index (χ1n) is 27.0. The molecule has 0 fully saturated rings. The number of nitrogens with two attached hydrogens (primary N) is 2. The van der Waals surface area contributed by atoms with Crippen molar-refractivity contribution in [1.82, 2.24) is 0 Å². The van der Waals surface area contributed by atoms with Crippen LogP contribution in [0.3, 0.4) is 0 Å². The van der Waals surface area contributed by atoms with Gasteiger partial charge in [-0.15, -0.1) is 0 Å². The summed E-state index contributed by atoms with van der Waals surface area (Å²) >= 11 is 48.1. The van der Waals surface area contributed by atoms with Gasteiger partial charge in [0.25, 0.3) is 19.1 Å². The highest BCUT2D eigenvalue weighted by Gasteiger charge is 2.25. The maximum Gasteiger partial charge on any atom is 0.303 e. The molecule has 33 heteroatoms. The van der Waals surface area contributed by atoms with Gasteiger partial charge < -0.3 is 46.6 Å². The van der Waals surface area contributed by atoms with Crippen LogP contribution in [0.15, 0.2) is 168 Å². The molecule has 0 aliphatic carbocycles. The fraction of sp³-hybridized carbons (Fsp3) is 0.188. The third-order valence-corrected chi connectivity index (χ3v) is 16.8. The first kappa shape index (κ1) is 90.5. The average Bonchev–Trinajstić information content (AvgIpc) is 0.797. The Hall–Kier alpha value is -6.49. The van der Waals surface area contributed by atoms with Crippen LogP contribution in [0.1, 0.15) is 68.2 Å². The Labute approximate surface area is 617 Å². The molecule has 3 amide bonds. The van der Waals surface area contributed by atoms with Crippen molar-refractivity contribution >= 4 is 204 Å². The van der Waals surface area contributed by atoms with Crippen molar-refractivity contribution in [3.8, 4) is 33.8 Å². The van der Waals surface area contributed by atoms with Crippen LogP contribution in [0.5, 0.6) is 11.5 Å². The van der Waals surface area contributed by atoms with Crippen LogP contribution >= 0.6 is 115 Å². The highest BCUT2D eigenvalue weighted by atomic mass is 35.7. The van der Waals surface area contributed by atoms with Gasteiger partial charge in [0.15, 0.2) is 0 Å². The minimum atomic E-state index is -4.19. The van der Waals surface area contributed by atoms with E-state index in [1.54, 1.807) is 83.3 Å². The maximum atomic E-state index is 13.3. The van der Waals surface area contributed by atoms with Crippen molar-refractivity contribution in [1.29, 1.82) is 0 Å². The van der Waals surface area contributed by atoms with E-state index in [2.05, 4.69) is 48.4 Å². The van der Waals surface area contributed by atoms with Gasteiger partial charge in [-0.25, -0.2) is 21.0 Å². The lowest BCUT2D eigenvalue weighted by Gasteiger charge is -2.17. The zero-order valence-electron chi connectivity index (χ0n) is 50.8. The number of hydrogen-bond acceptors (Lipinski definition) is 15. The molecule has 97 heavy (non-hydrogen) atoms. The topological polar surface area (TPSA) is 325 Å². The van der Waals surface area contributed by atoms with Gasteiger partial charge in [-0.3, -0.25) is 23.9 Å². The van der Waals surface area contributed by atoms with Gasteiger partial charge in [-0.05, 0) is 107 Å². The summed E-state index contributed by atoms with van der Waals surface area (Å²) in [6, 6.07) is 45.6. The van der Waals surface area contributed by atoms with E-state index in [1.807, 2.05) is 72.8 Å². The standard InChI is InChI=1S/C22H20Cl2N2O4S.C13H13NO.C9H8Cl3NO3S.C9H9Cl2NO.C6H5Cl2N.C3H6O2.2CH4.ClHO3S/c1-3-21(27)25-22-17(24)12-16(23)13-20(22)31(28,29)26-18-11-15(9-10-19(18)30-2)14-7-5-4-6-8-14;1-15-13-8-7-11(9-12(13)14)10-5-3-2-4-6-10;1-2-8(14)13-9-6(11)3-5(10)4-7(9)17(12,15)16;1-2-9(13)12-8-4-3-6(10)5-7(8)11;7-4-1-2-6(9)5(8)3-4;1-2-3(4)5;;;1-4-5(2)3/h4-13,26H,3H2,1-2H3,(H,25,27);2-9H,14H2,1H3;3-4H,2H2,1H3,(H,13,14);3-5H,2H2,1H3,(H,12,13);1-3H,9H2;2H2,1H3,(H,4,5);2*1H4;(H,2,3)/p-1. The number of hydrogen-bond donors (Lipinski definition) is 7. The summed E-state index contributed by atoms with van der Waals surface area (Å²) in [6.07, 6.45) is 0.985. The van der Waals surface area contributed by atoms with Gasteiger partial charge in [0.2, 0.25) is 17.7 Å². The van der Waals surface area contributed by atoms with Crippen LogP contribution in [0.25, 0.3) is 22.3 Å². The summed E-state index contributed by atoms with van der Waals surface area (Å²) in [5.41, 5.74) is 17.2. The molecule has 0 saturated heterocycles. The number of carbonyl (C=O) groups excluding carboxylic acids is 3. The summed E-state index contributed by atoms with van der Waals surface area (Å²) in [7, 11) is 0.0681. The van der Waals surface area contributed by atoms with Gasteiger partial charge in [0.1, 0.15) is 32.7 Å². The van der Waals surface area contributed by atoms with E-state index >= 15 is 0 Å². The molecule has 8 aromatic carbocycles. The van der Waals surface area contributed by atoms with Crippen LogP contribution in [0, 0.1) is 0 Å². The van der Waals surface area contributed by atoms with E-state index < -0.39 is 36.4 Å². The molecular weight excluding hydrogens is 1530 g/mol. The highest BCUT2D eigenvalue weighted by Crippen LogP contribution is 2.39. The second kappa shape index (κ2) is 46.0. The normalized spacial score (nSPS) is 10.4. The fourth-order valence-electron chi connectivity index (χ4n) is 6.88. The summed E-state index contributed by atoms with van der Waals surface area (Å²) in [6.45, 7) is 6.64. The van der Waals surface area contributed by atoms with Crippen LogP contribution < -0.4 is 41.6 Å². The van der Waals surface area contributed by atoms with Gasteiger partial charge in [-0.2, -0.15) is 3.74 Å². The van der Waals surface area contributed by atoms with E-state index in [-0.39, 0.29) is 98.8 Å². The minimum absolute atomic E-state index is 0. The number of carboxylic acids is 1. The SMILES string of the molecule is C.C.CCC(=O)Nc1c(Cl)cc(Cl)cc1S(=O)(=O)Cl.CCC(=O)Nc1c(Cl)cc(Cl)cc1S(=O)(=O)Nc1cc(-c2ccccc2)ccc1OC.CCC(=O)Nc1ccc(Cl)cc1Cl.CCC(=O)O.COc1ccc(-c2ccccc2)cc1N.Nc1ccc(Cl)cc1Cl.O=S([O-])OCl. The second-order valence-corrected chi connectivity index (χ2v) is 26.7. The number of nitrogens with one attached hydrogen (secondary N) is 4. The molecule has 1 atom stereocenters. The molecule has 0 aliphatic heterocycles. The third-order valence-electron chi connectivity index (χ3n) is 11.5. The second-order valence-electron chi connectivity index (χ2n) is 18.2. The van der Waals surface area contributed by atoms with E-state index in [1.165, 1.54) is 25.3 Å². The number of nitrogen functional groups attached to an aromatic ring is 2. The Bertz CT molecular complexity index is 4120. The molecule has 9 N–H and O–H groups in total. The van der Waals surface area contributed by atoms with E-state index in [0.29, 0.717) is 49.3 Å². The Balaban J connectivity index is 0.00000120. The molecule has 0 aliphatic rings. The third kappa shape index (κ3) is 32.8. The number of anilines is 6. The van der Waals surface area contributed by atoms with Gasteiger partial charge in [-0.1, -0.05) is 208 Å². The minimum Gasteiger partial charge on any atom is -0.749 e. The zero-order chi connectivity index (χ0) is 71.8. The van der Waals surface area contributed by atoms with Crippen LogP contribution in [0.4, 0.5) is 34.1 Å². The molecule has 8 rings (SSSR count). The predicted octanol–water partition coefficient (Wildman–Crippen LogP) is 19.7. The summed E-state index contributed by atoms with van der Waals surface area (Å²) in [5, 5.41) is 17.7. The molecule has 0 spiro atoms. The Kier molecular flexibility index (Phi) is 42.9. The Morgan fingerprint density at radius 2 is 0.876 bits per heavy atom. The predicted molar refractivity (Wildman–Crippen MR) is 399 cm³/mol. The van der Waals surface area contributed by atoms with Crippen molar-refractivity contribution in [2.24, 2.45) is 0 Å². The molecule has 0 saturated carbocycles. The molecular formula is C64H69Cl10N6O14S3-. The molecule has 0 heterocycles. The van der Waals surface area contributed by atoms with Gasteiger partial charge in [0.05, 0.1) is 80.3 Å². The number of carbonyl (C=O) groups is 4. The molecule has 8 aromatic rings. The fourth-order valence-corrected chi connectivity index (χ4v) is 11.4. The molecule has 1 unspecified atom stereocenters. The first-order valence-corrected chi connectivity index (χ1v) is 35.1. The molecule has 0 radical (unpaired) electrons. The van der Waals surface area contributed by atoms with Crippen molar-refractivity contribution in [3.63, 3.8) is 0 Å². The van der Waals surface area contributed by atoms with Gasteiger partial charge >= 0.3 is 5.97 Å². The molecule has 0 aromatic heterocycles. The van der Waals surface area contributed by atoms with Crippen molar-refractivity contribution < 1.29 is 63.1 Å². The number of amides is 3. The lowest BCUT2D eigenvalue weighted by atomic mass is 10.1. The number of ether oxygens (including phenoxy) is 2. The van der Waals surface area contributed by atoms with Crippen LogP contribution in [0.2, 0.25) is 40.2 Å². The number of methoxy groups -OCH3 is 2. The van der Waals surface area contributed by atoms with Gasteiger partial charge in [0, 0.05) is 56.5 Å². The van der Waals surface area contributed by atoms with Crippen LogP contribution in [-0.4, -0.2) is 68.6 Å². The number of halogens is 10. The van der Waals surface area contributed by atoms with E-state index in [4.69, 9.17) is 138 Å². The Morgan fingerprint density at radius 1 is 0.485 bits per heavy atom. The number of sulfonamides is 1. The summed E-state index contributed by atoms with van der Waals surface area (Å²) in [5.74, 6) is -0.528. The smallest absolute Gasteiger partial charge is 0.303 e. The lowest BCUT2D eigenvalue weighted by Crippen LogP contribution is -2.18. The maximum absolute atomic E-state index is 13.3. The van der Waals surface area contributed by atoms with Crippen LogP contribution in [-0.2, 0) is 53.3 Å². The lowest BCUT2D eigenvalue weighted by molar-refractivity contribution is -0.136. The largest absolute Gasteiger partial charge is 0.749 e. The van der Waals surface area contributed by atoms with E-state index in [9.17, 15) is 36.0 Å². The van der Waals surface area contributed by atoms with Crippen molar-refractivity contribution in [2.75, 3.05) is 46.4 Å². The zero-order valence-corrected chi connectivity index (χ0v) is 60.8. The number of aliphatic carboxylic acids is 1. The molecule has 528 valence electrons. The van der Waals surface area contributed by atoms with E-state index in [0.717, 1.165) is 34.1 Å². The average molecular weight is 1600 g/mol. The number of carboxylic acid groups (broad SMARTS) is 1. The summed E-state index contributed by atoms with van der Waals surface area (Å²) < 4.78 is 83.3. The number of rotatable bonds is 16. The van der Waals surface area contributed by atoms with Crippen molar-refractivity contribution in [3.05, 3.63) is 198 Å². The molecule has 0 bridgehead atoms. The number of benzene rings is 8. The summed E-state index contributed by atoms with van der Waals surface area (Å²) in [4.78, 5) is 43.0. The van der Waals surface area contributed by atoms with Crippen molar-refractivity contribution in [2.45, 2.75) is 78.0 Å². The Morgan fingerprint density at radius 3 is 1.26 bits per heavy atom. The monoisotopic (exact) mass is 1590 g/mol. The quantitative estimate of drug-likeness (QED) is 0.0268. The first-order chi connectivity index (χ1) is 44.7. The highest BCUT2D eigenvalue weighted by molar-refractivity contribution is 8.13. The molecule has 20 nitrogen and oxygen atoms in total.